The van der Waals surface area contributed by atoms with E-state index in [9.17, 15) is 5.11 Å². The number of fused-ring (bicyclic) bond motifs is 1. The van der Waals surface area contributed by atoms with E-state index in [2.05, 4.69) is 35.0 Å². The molecule has 0 spiro atoms. The van der Waals surface area contributed by atoms with Crippen molar-refractivity contribution >= 4 is 15.9 Å². The molecule has 1 aliphatic rings. The van der Waals surface area contributed by atoms with Gasteiger partial charge in [0.2, 0.25) is 0 Å². The number of hydrogen-bond donors (Lipinski definition) is 1. The molecule has 1 unspecified atom stereocenters. The van der Waals surface area contributed by atoms with Gasteiger partial charge in [0.05, 0.1) is 6.61 Å². The summed E-state index contributed by atoms with van der Waals surface area (Å²) in [6.07, 6.45) is 4.09. The highest BCUT2D eigenvalue weighted by molar-refractivity contribution is 9.10. The molecule has 0 radical (unpaired) electrons. The Labute approximate surface area is 111 Å². The zero-order valence-electron chi connectivity index (χ0n) is 10.2. The van der Waals surface area contributed by atoms with Crippen molar-refractivity contribution in [3.63, 3.8) is 0 Å². The lowest BCUT2D eigenvalue weighted by Gasteiger charge is -2.15. The maximum Gasteiger partial charge on any atom is 0.125 e. The third kappa shape index (κ3) is 3.02. The molecule has 1 N–H and O–H groups in total. The van der Waals surface area contributed by atoms with Gasteiger partial charge in [-0.15, -0.1) is 0 Å². The highest BCUT2D eigenvalue weighted by Gasteiger charge is 2.19. The fourth-order valence-electron chi connectivity index (χ4n) is 2.47. The zero-order chi connectivity index (χ0) is 12.3. The third-order valence-electron chi connectivity index (χ3n) is 3.29. The van der Waals surface area contributed by atoms with Gasteiger partial charge in [-0.25, -0.2) is 0 Å². The van der Waals surface area contributed by atoms with Gasteiger partial charge < -0.3 is 9.84 Å². The number of aliphatic hydroxyl groups is 1. The Morgan fingerprint density at radius 1 is 1.47 bits per heavy atom. The molecule has 1 heterocycles. The summed E-state index contributed by atoms with van der Waals surface area (Å²) >= 11 is 3.55. The molecule has 0 saturated carbocycles. The van der Waals surface area contributed by atoms with Crippen molar-refractivity contribution in [2.24, 2.45) is 5.92 Å². The van der Waals surface area contributed by atoms with Crippen LogP contribution in [0.4, 0.5) is 0 Å². The van der Waals surface area contributed by atoms with Crippen molar-refractivity contribution in [2.75, 3.05) is 13.2 Å². The van der Waals surface area contributed by atoms with Crippen molar-refractivity contribution in [2.45, 2.75) is 32.6 Å². The zero-order valence-corrected chi connectivity index (χ0v) is 11.8. The third-order valence-corrected chi connectivity index (χ3v) is 3.75. The molecule has 0 bridgehead atoms. The van der Waals surface area contributed by atoms with E-state index in [0.29, 0.717) is 5.92 Å². The maximum absolute atomic E-state index is 9.38. The number of hydrogen-bond acceptors (Lipinski definition) is 2. The summed E-state index contributed by atoms with van der Waals surface area (Å²) in [6, 6.07) is 4.27. The van der Waals surface area contributed by atoms with Crippen LogP contribution in [-0.2, 0) is 12.8 Å². The quantitative estimate of drug-likeness (QED) is 0.903. The van der Waals surface area contributed by atoms with Gasteiger partial charge in [0, 0.05) is 17.5 Å². The number of ether oxygens (including phenoxy) is 1. The summed E-state index contributed by atoms with van der Waals surface area (Å²) in [7, 11) is 0. The molecule has 0 fully saturated rings. The second-order valence-corrected chi connectivity index (χ2v) is 5.61. The predicted molar refractivity (Wildman–Crippen MR) is 72.5 cm³/mol. The lowest BCUT2D eigenvalue weighted by Crippen LogP contribution is -2.10. The summed E-state index contributed by atoms with van der Waals surface area (Å²) in [5.41, 5.74) is 2.53. The van der Waals surface area contributed by atoms with E-state index in [-0.39, 0.29) is 6.61 Å². The van der Waals surface area contributed by atoms with Gasteiger partial charge in [-0.3, -0.25) is 0 Å². The monoisotopic (exact) mass is 298 g/mol. The topological polar surface area (TPSA) is 29.5 Å². The van der Waals surface area contributed by atoms with E-state index < -0.39 is 0 Å². The fourth-order valence-corrected chi connectivity index (χ4v) is 3.03. The van der Waals surface area contributed by atoms with E-state index in [1.165, 1.54) is 11.1 Å². The minimum absolute atomic E-state index is 0.259. The van der Waals surface area contributed by atoms with Crippen LogP contribution in [0.1, 0.15) is 30.9 Å². The molecule has 1 aromatic rings. The second-order valence-electron chi connectivity index (χ2n) is 4.69. The molecule has 1 aromatic carbocycles. The molecule has 0 saturated heterocycles. The Morgan fingerprint density at radius 3 is 3.00 bits per heavy atom. The first-order chi connectivity index (χ1) is 8.24. The molecule has 2 nitrogen and oxygen atoms in total. The standard InChI is InChI=1S/C14H19BrO2/c1-2-3-10(9-16)6-12-8-13(15)7-11-4-5-17-14(11)12/h7-8,10,16H,2-6,9H2,1H3. The Kier molecular flexibility index (Phi) is 4.46. The van der Waals surface area contributed by atoms with Crippen LogP contribution in [0.2, 0.25) is 0 Å². The molecule has 0 aromatic heterocycles. The van der Waals surface area contributed by atoms with Crippen molar-refractivity contribution in [3.05, 3.63) is 27.7 Å². The molecule has 3 heteroatoms. The summed E-state index contributed by atoms with van der Waals surface area (Å²) in [6.45, 7) is 3.20. The summed E-state index contributed by atoms with van der Waals surface area (Å²) in [5, 5.41) is 9.38. The van der Waals surface area contributed by atoms with Gasteiger partial charge in [-0.05, 0) is 42.0 Å². The van der Waals surface area contributed by atoms with Crippen LogP contribution < -0.4 is 4.74 Å². The molecule has 17 heavy (non-hydrogen) atoms. The summed E-state index contributed by atoms with van der Waals surface area (Å²) in [4.78, 5) is 0. The Balaban J connectivity index is 2.20. The number of rotatable bonds is 5. The summed E-state index contributed by atoms with van der Waals surface area (Å²) in [5.74, 6) is 1.41. The van der Waals surface area contributed by atoms with Gasteiger partial charge in [0.15, 0.2) is 0 Å². The molecular formula is C14H19BrO2. The number of halogens is 1. The summed E-state index contributed by atoms with van der Waals surface area (Å²) < 4.78 is 6.82. The molecule has 1 atom stereocenters. The van der Waals surface area contributed by atoms with Crippen LogP contribution in [0, 0.1) is 5.92 Å². The Hall–Kier alpha value is -0.540. The minimum Gasteiger partial charge on any atom is -0.493 e. The van der Waals surface area contributed by atoms with Gasteiger partial charge in [-0.2, -0.15) is 0 Å². The first-order valence-electron chi connectivity index (χ1n) is 6.29. The molecule has 94 valence electrons. The van der Waals surface area contributed by atoms with E-state index >= 15 is 0 Å². The predicted octanol–water partition coefficient (Wildman–Crippen LogP) is 3.34. The van der Waals surface area contributed by atoms with Crippen LogP contribution >= 0.6 is 15.9 Å². The smallest absolute Gasteiger partial charge is 0.125 e. The molecule has 0 amide bonds. The fraction of sp³-hybridized carbons (Fsp3) is 0.571. The van der Waals surface area contributed by atoms with E-state index in [1.807, 2.05) is 0 Å². The van der Waals surface area contributed by atoms with Crippen LogP contribution in [0.5, 0.6) is 5.75 Å². The van der Waals surface area contributed by atoms with Gasteiger partial charge in [0.1, 0.15) is 5.75 Å². The average Bonchev–Trinajstić information content (AvgIpc) is 2.76. The van der Waals surface area contributed by atoms with Crippen molar-refractivity contribution in [1.82, 2.24) is 0 Å². The van der Waals surface area contributed by atoms with Crippen molar-refractivity contribution in [3.8, 4) is 5.75 Å². The lowest BCUT2D eigenvalue weighted by atomic mass is 9.94. The number of aliphatic hydroxyl groups excluding tert-OH is 1. The normalized spacial score (nSPS) is 15.5. The van der Waals surface area contributed by atoms with Crippen molar-refractivity contribution in [1.29, 1.82) is 0 Å². The maximum atomic E-state index is 9.38. The number of benzene rings is 1. The first-order valence-corrected chi connectivity index (χ1v) is 7.08. The SMILES string of the molecule is CCCC(CO)Cc1cc(Br)cc2c1OCC2. The second kappa shape index (κ2) is 5.87. The molecule has 0 aliphatic carbocycles. The molecular weight excluding hydrogens is 280 g/mol. The Bertz CT molecular complexity index is 390. The van der Waals surface area contributed by atoms with E-state index in [1.54, 1.807) is 0 Å². The molecule has 2 rings (SSSR count). The minimum atomic E-state index is 0.259. The van der Waals surface area contributed by atoms with Crippen LogP contribution in [0.15, 0.2) is 16.6 Å². The van der Waals surface area contributed by atoms with E-state index in [4.69, 9.17) is 4.74 Å². The van der Waals surface area contributed by atoms with Crippen LogP contribution in [0.25, 0.3) is 0 Å². The van der Waals surface area contributed by atoms with Gasteiger partial charge >= 0.3 is 0 Å². The van der Waals surface area contributed by atoms with Crippen LogP contribution in [0.3, 0.4) is 0 Å². The Morgan fingerprint density at radius 2 is 2.29 bits per heavy atom. The molecule has 1 aliphatic heterocycles. The van der Waals surface area contributed by atoms with Gasteiger partial charge in [0.25, 0.3) is 0 Å². The van der Waals surface area contributed by atoms with Crippen molar-refractivity contribution < 1.29 is 9.84 Å². The average molecular weight is 299 g/mol. The van der Waals surface area contributed by atoms with E-state index in [0.717, 1.165) is 42.5 Å². The lowest BCUT2D eigenvalue weighted by molar-refractivity contribution is 0.216. The van der Waals surface area contributed by atoms with Gasteiger partial charge in [-0.1, -0.05) is 29.3 Å². The largest absolute Gasteiger partial charge is 0.493 e. The highest BCUT2D eigenvalue weighted by Crippen LogP contribution is 2.34. The first kappa shape index (κ1) is 12.9. The van der Waals surface area contributed by atoms with Crippen LogP contribution in [-0.4, -0.2) is 18.3 Å². The highest BCUT2D eigenvalue weighted by atomic mass is 79.9.